The van der Waals surface area contributed by atoms with Crippen molar-refractivity contribution in [1.82, 2.24) is 9.97 Å². The van der Waals surface area contributed by atoms with Gasteiger partial charge in [-0.2, -0.15) is 0 Å². The number of anilines is 1. The first kappa shape index (κ1) is 32.0. The minimum Gasteiger partial charge on any atom is -0.462 e. The summed E-state index contributed by atoms with van der Waals surface area (Å²) in [4.78, 5) is 22.0. The highest BCUT2D eigenvalue weighted by Gasteiger charge is 2.36. The molecule has 1 saturated heterocycles. The summed E-state index contributed by atoms with van der Waals surface area (Å²) < 4.78 is 57.5. The molecule has 1 aliphatic carbocycles. The highest BCUT2D eigenvalue weighted by Crippen LogP contribution is 2.34. The Hall–Kier alpha value is -2.89. The monoisotopic (exact) mass is 603 g/mol. The van der Waals surface area contributed by atoms with E-state index < -0.39 is 21.6 Å². The van der Waals surface area contributed by atoms with Crippen LogP contribution in [0.15, 0.2) is 30.3 Å². The number of hydrogen-bond donors (Lipinski definition) is 0. The topological polar surface area (TPSA) is 108 Å². The Morgan fingerprint density at radius 2 is 1.81 bits per heavy atom. The smallest absolute Gasteiger partial charge is 0.308 e. The third-order valence-corrected chi connectivity index (χ3v) is 8.67. The lowest BCUT2D eigenvalue weighted by Crippen LogP contribution is -2.45. The predicted molar refractivity (Wildman–Crippen MR) is 160 cm³/mol. The fraction of sp³-hybridized carbons (Fsp3) is 0.581. The third-order valence-electron chi connectivity index (χ3n) is 7.51. The Morgan fingerprint density at radius 3 is 2.43 bits per heavy atom. The average molecular weight is 604 g/mol. The van der Waals surface area contributed by atoms with E-state index in [0.717, 1.165) is 36.2 Å². The molecule has 2 aromatic rings. The minimum atomic E-state index is -3.63. The fourth-order valence-corrected chi connectivity index (χ4v) is 5.77. The number of carbonyl (C=O) groups excluding carboxylic acids is 1. The Kier molecular flexibility index (Phi) is 10.1. The molecule has 1 saturated carbocycles. The summed E-state index contributed by atoms with van der Waals surface area (Å²) in [6, 6.07) is 5.87. The van der Waals surface area contributed by atoms with Crippen LogP contribution in [0.1, 0.15) is 89.8 Å². The van der Waals surface area contributed by atoms with Gasteiger partial charge in [-0.1, -0.05) is 32.4 Å². The van der Waals surface area contributed by atoms with Gasteiger partial charge in [0.1, 0.15) is 11.9 Å². The molecule has 2 heterocycles. The molecular weight excluding hydrogens is 561 g/mol. The molecule has 0 amide bonds. The van der Waals surface area contributed by atoms with E-state index in [-0.39, 0.29) is 42.6 Å². The average Bonchev–Trinajstić information content (AvgIpc) is 2.90. The van der Waals surface area contributed by atoms with Gasteiger partial charge in [-0.3, -0.25) is 4.79 Å². The van der Waals surface area contributed by atoms with Gasteiger partial charge in [0, 0.05) is 24.6 Å². The number of esters is 1. The molecule has 2 fully saturated rings. The summed E-state index contributed by atoms with van der Waals surface area (Å²) in [5, 5.41) is 0. The predicted octanol–water partition coefficient (Wildman–Crippen LogP) is 5.99. The molecule has 4 rings (SSSR count). The van der Waals surface area contributed by atoms with Gasteiger partial charge in [-0.15, -0.1) is 0 Å². The van der Waals surface area contributed by atoms with Crippen LogP contribution in [0.25, 0.3) is 17.3 Å². The van der Waals surface area contributed by atoms with Crippen LogP contribution in [0.3, 0.4) is 0 Å². The van der Waals surface area contributed by atoms with Gasteiger partial charge in [-0.05, 0) is 69.7 Å². The van der Waals surface area contributed by atoms with E-state index in [1.807, 2.05) is 39.8 Å². The third kappa shape index (κ3) is 8.35. The molecule has 1 aromatic carbocycles. The summed E-state index contributed by atoms with van der Waals surface area (Å²) in [6.45, 7) is 7.55. The van der Waals surface area contributed by atoms with Gasteiger partial charge in [0.15, 0.2) is 5.79 Å². The Labute approximate surface area is 248 Å². The van der Waals surface area contributed by atoms with Crippen LogP contribution in [-0.4, -0.2) is 61.8 Å². The fourth-order valence-electron chi connectivity index (χ4n) is 5.39. The summed E-state index contributed by atoms with van der Waals surface area (Å²) in [7, 11) is -2.23. The van der Waals surface area contributed by atoms with Crippen molar-refractivity contribution in [3.8, 4) is 11.3 Å². The number of aromatic nitrogens is 2. The molecule has 9 nitrogen and oxygen atoms in total. The van der Waals surface area contributed by atoms with Crippen LogP contribution < -0.4 is 4.31 Å². The highest BCUT2D eigenvalue weighted by molar-refractivity contribution is 7.92. The van der Waals surface area contributed by atoms with Crippen molar-refractivity contribution in [1.29, 1.82) is 0 Å². The molecule has 0 N–H and O–H groups in total. The van der Waals surface area contributed by atoms with Crippen LogP contribution in [0.2, 0.25) is 0 Å². The summed E-state index contributed by atoms with van der Waals surface area (Å²) in [6.07, 6.45) is 9.80. The number of ether oxygens (including phenoxy) is 3. The van der Waals surface area contributed by atoms with Crippen LogP contribution in [0.4, 0.5) is 10.3 Å². The second-order valence-corrected chi connectivity index (χ2v) is 13.9. The van der Waals surface area contributed by atoms with Crippen molar-refractivity contribution >= 4 is 28.0 Å². The van der Waals surface area contributed by atoms with Crippen molar-refractivity contribution in [2.75, 3.05) is 17.6 Å². The SMILES string of the molecule is CC(C)c1nc(N(C)S(C)(=O)=O)nc(-c2ccc(F)cc2)c1C=CC1CC(CC(=O)OC2CCCCC2)OC(C)(C)O1. The van der Waals surface area contributed by atoms with E-state index in [1.54, 1.807) is 12.1 Å². The molecule has 0 radical (unpaired) electrons. The largest absolute Gasteiger partial charge is 0.462 e. The van der Waals surface area contributed by atoms with E-state index in [0.29, 0.717) is 28.9 Å². The molecule has 1 aromatic heterocycles. The van der Waals surface area contributed by atoms with Crippen LogP contribution in [-0.2, 0) is 29.0 Å². The minimum absolute atomic E-state index is 0.0150. The maximum Gasteiger partial charge on any atom is 0.308 e. The zero-order chi connectivity index (χ0) is 30.7. The van der Waals surface area contributed by atoms with Gasteiger partial charge in [-0.25, -0.2) is 27.1 Å². The number of sulfonamides is 1. The standard InChI is InChI=1S/C31H42FN3O6S/c1-20(2)28-26(29(21-12-14-22(32)15-13-21)34-30(33-28)35(5)42(6,37)38)17-16-24-18-25(41-31(3,4)40-24)19-27(36)39-23-10-8-7-9-11-23/h12-17,20,23-25H,7-11,18-19H2,1-6H3. The lowest BCUT2D eigenvalue weighted by Gasteiger charge is -2.39. The van der Waals surface area contributed by atoms with Crippen LogP contribution in [0.5, 0.6) is 0 Å². The zero-order valence-corrected chi connectivity index (χ0v) is 26.1. The lowest BCUT2D eigenvalue weighted by molar-refractivity contribution is -0.290. The second-order valence-electron chi connectivity index (χ2n) is 11.9. The molecule has 0 spiro atoms. The van der Waals surface area contributed by atoms with Crippen molar-refractivity contribution in [2.45, 2.75) is 103 Å². The van der Waals surface area contributed by atoms with Crippen molar-refractivity contribution < 1.29 is 31.8 Å². The van der Waals surface area contributed by atoms with E-state index in [4.69, 9.17) is 14.2 Å². The first-order valence-electron chi connectivity index (χ1n) is 14.6. The molecule has 0 bridgehead atoms. The van der Waals surface area contributed by atoms with E-state index in [1.165, 1.54) is 25.6 Å². The first-order valence-corrected chi connectivity index (χ1v) is 16.4. The molecule has 11 heteroatoms. The van der Waals surface area contributed by atoms with Crippen LogP contribution in [0, 0.1) is 5.82 Å². The van der Waals surface area contributed by atoms with Gasteiger partial charge in [0.25, 0.3) is 0 Å². The molecule has 2 atom stereocenters. The van der Waals surface area contributed by atoms with Gasteiger partial charge in [0.2, 0.25) is 16.0 Å². The summed E-state index contributed by atoms with van der Waals surface area (Å²) in [5.41, 5.74) is 2.38. The molecule has 2 aliphatic rings. The number of rotatable bonds is 9. The van der Waals surface area contributed by atoms with Gasteiger partial charge >= 0.3 is 5.97 Å². The molecule has 42 heavy (non-hydrogen) atoms. The van der Waals surface area contributed by atoms with Crippen molar-refractivity contribution in [3.63, 3.8) is 0 Å². The number of nitrogens with zero attached hydrogens (tertiary/aromatic N) is 3. The van der Waals surface area contributed by atoms with Crippen molar-refractivity contribution in [2.24, 2.45) is 0 Å². The summed E-state index contributed by atoms with van der Waals surface area (Å²) >= 11 is 0. The normalized spacial score (nSPS) is 21.5. The number of benzene rings is 1. The first-order chi connectivity index (χ1) is 19.7. The molecular formula is C31H42FN3O6S. The maximum absolute atomic E-state index is 13.8. The number of halogens is 1. The molecule has 230 valence electrons. The Bertz CT molecular complexity index is 1390. The van der Waals surface area contributed by atoms with Crippen LogP contribution >= 0.6 is 0 Å². The van der Waals surface area contributed by atoms with E-state index in [9.17, 15) is 17.6 Å². The van der Waals surface area contributed by atoms with E-state index in [2.05, 4.69) is 9.97 Å². The molecule has 1 aliphatic heterocycles. The zero-order valence-electron chi connectivity index (χ0n) is 25.3. The second kappa shape index (κ2) is 13.2. The van der Waals surface area contributed by atoms with E-state index >= 15 is 0 Å². The quantitative estimate of drug-likeness (QED) is 0.322. The van der Waals surface area contributed by atoms with Crippen molar-refractivity contribution in [3.05, 3.63) is 47.4 Å². The highest BCUT2D eigenvalue weighted by atomic mass is 32.2. The Morgan fingerprint density at radius 1 is 1.14 bits per heavy atom. The maximum atomic E-state index is 13.8. The number of carbonyl (C=O) groups is 1. The lowest BCUT2D eigenvalue weighted by atomic mass is 9.96. The van der Waals surface area contributed by atoms with Gasteiger partial charge < -0.3 is 14.2 Å². The summed E-state index contributed by atoms with van der Waals surface area (Å²) in [5.74, 6) is -1.65. The molecule has 2 unspecified atom stereocenters. The number of hydrogen-bond acceptors (Lipinski definition) is 8. The Balaban J connectivity index is 1.64. The van der Waals surface area contributed by atoms with Gasteiger partial charge in [0.05, 0.1) is 36.3 Å².